The minimum absolute atomic E-state index is 0.819. The Bertz CT molecular complexity index is 198. The van der Waals surface area contributed by atoms with Crippen molar-refractivity contribution in [2.75, 3.05) is 0 Å². The Morgan fingerprint density at radius 1 is 1.33 bits per heavy atom. The first kappa shape index (κ1) is 6.84. The summed E-state index contributed by atoms with van der Waals surface area (Å²) in [6.07, 6.45) is 0. The lowest BCUT2D eigenvalue weighted by atomic mass is 10.2. The van der Waals surface area contributed by atoms with Gasteiger partial charge in [0.1, 0.15) is 0 Å². The average Bonchev–Trinajstić information content (AvgIpc) is 1.89. The van der Waals surface area contributed by atoms with Crippen molar-refractivity contribution in [2.24, 2.45) is 0 Å². The van der Waals surface area contributed by atoms with Gasteiger partial charge in [-0.05, 0) is 17.7 Å². The highest BCUT2D eigenvalue weighted by molar-refractivity contribution is 6.31. The molecule has 3 radical (unpaired) electrons. The molecule has 1 aromatic carbocycles. The zero-order chi connectivity index (χ0) is 6.69. The van der Waals surface area contributed by atoms with Gasteiger partial charge in [0.25, 0.3) is 0 Å². The molecule has 0 aliphatic heterocycles. The van der Waals surface area contributed by atoms with Gasteiger partial charge < -0.3 is 0 Å². The number of hydrogen-bond donors (Lipinski definition) is 0. The first-order valence-electron chi connectivity index (χ1n) is 2.72. The van der Waals surface area contributed by atoms with E-state index in [1.807, 2.05) is 24.3 Å². The summed E-state index contributed by atoms with van der Waals surface area (Å²) in [6, 6.07) is 8.60. The highest BCUT2D eigenvalue weighted by Gasteiger charge is 1.91. The Balaban J connectivity index is 3.01. The molecule has 0 atom stereocenters. The van der Waals surface area contributed by atoms with Gasteiger partial charge in [0, 0.05) is 15.3 Å². The second-order valence-electron chi connectivity index (χ2n) is 1.77. The fourth-order valence-corrected chi connectivity index (χ4v) is 1.26. The summed E-state index contributed by atoms with van der Waals surface area (Å²) in [5.74, 6) is 0. The maximum atomic E-state index is 5.79. The predicted molar refractivity (Wildman–Crippen MR) is 40.9 cm³/mol. The van der Waals surface area contributed by atoms with Gasteiger partial charge in [-0.1, -0.05) is 29.8 Å². The molecule has 0 aromatic heterocycles. The van der Waals surface area contributed by atoms with Gasteiger partial charge in [-0.2, -0.15) is 0 Å². The lowest BCUT2D eigenvalue weighted by molar-refractivity contribution is 1.40. The highest BCUT2D eigenvalue weighted by Crippen LogP contribution is 2.13. The van der Waals surface area contributed by atoms with Gasteiger partial charge >= 0.3 is 0 Å². The van der Waals surface area contributed by atoms with E-state index in [1.54, 1.807) is 0 Å². The fraction of sp³-hybridized carbons (Fsp3) is 0.143. The lowest BCUT2D eigenvalue weighted by Gasteiger charge is -1.96. The standard InChI is InChI=1S/C7H6ClSi/c8-7-4-2-1-3-6(7)5-9/h1-4H,5H2. The van der Waals surface area contributed by atoms with Crippen molar-refractivity contribution in [3.63, 3.8) is 0 Å². The molecule has 0 amide bonds. The van der Waals surface area contributed by atoms with E-state index >= 15 is 0 Å². The van der Waals surface area contributed by atoms with Crippen LogP contribution in [0.3, 0.4) is 0 Å². The van der Waals surface area contributed by atoms with Crippen LogP contribution in [0.5, 0.6) is 0 Å². The summed E-state index contributed by atoms with van der Waals surface area (Å²) in [5.41, 5.74) is 1.14. The smallest absolute Gasteiger partial charge is 0.0434 e. The Morgan fingerprint density at radius 2 is 2.00 bits per heavy atom. The highest BCUT2D eigenvalue weighted by atomic mass is 35.5. The van der Waals surface area contributed by atoms with Crippen molar-refractivity contribution in [3.8, 4) is 0 Å². The third kappa shape index (κ3) is 1.56. The van der Waals surface area contributed by atoms with Crippen LogP contribution in [-0.2, 0) is 6.04 Å². The van der Waals surface area contributed by atoms with Crippen molar-refractivity contribution in [2.45, 2.75) is 6.04 Å². The summed E-state index contributed by atoms with van der Waals surface area (Å²) in [6.45, 7) is 0. The molecule has 1 aromatic rings. The molecule has 0 fully saturated rings. The van der Waals surface area contributed by atoms with Crippen LogP contribution in [0, 0.1) is 0 Å². The molecule has 0 unspecified atom stereocenters. The Morgan fingerprint density at radius 3 is 2.44 bits per heavy atom. The molecule has 45 valence electrons. The Hall–Kier alpha value is -0.273. The number of benzene rings is 1. The van der Waals surface area contributed by atoms with E-state index in [9.17, 15) is 0 Å². The average molecular weight is 154 g/mol. The van der Waals surface area contributed by atoms with Gasteiger partial charge in [0.15, 0.2) is 0 Å². The normalized spacial score (nSPS) is 9.56. The fourth-order valence-electron chi connectivity index (χ4n) is 0.642. The van der Waals surface area contributed by atoms with Crippen LogP contribution < -0.4 is 0 Å². The zero-order valence-electron chi connectivity index (χ0n) is 4.89. The van der Waals surface area contributed by atoms with Gasteiger partial charge in [0.2, 0.25) is 0 Å². The van der Waals surface area contributed by atoms with E-state index in [2.05, 4.69) is 10.2 Å². The van der Waals surface area contributed by atoms with Gasteiger partial charge in [-0.25, -0.2) is 0 Å². The van der Waals surface area contributed by atoms with Crippen molar-refractivity contribution in [1.82, 2.24) is 0 Å². The van der Waals surface area contributed by atoms with E-state index in [0.29, 0.717) is 0 Å². The maximum absolute atomic E-state index is 5.79. The Labute approximate surface area is 63.3 Å². The number of hydrogen-bond acceptors (Lipinski definition) is 0. The summed E-state index contributed by atoms with van der Waals surface area (Å²) < 4.78 is 0. The molecule has 0 saturated heterocycles. The molecular formula is C7H6ClSi. The summed E-state index contributed by atoms with van der Waals surface area (Å²) in [7, 11) is 3.37. The molecule has 0 nitrogen and oxygen atoms in total. The topological polar surface area (TPSA) is 0 Å². The molecule has 0 aliphatic carbocycles. The first-order chi connectivity index (χ1) is 4.34. The molecule has 2 heteroatoms. The second-order valence-corrected chi connectivity index (χ2v) is 2.53. The molecule has 0 heterocycles. The van der Waals surface area contributed by atoms with E-state index in [1.165, 1.54) is 0 Å². The van der Waals surface area contributed by atoms with Gasteiger partial charge in [-0.15, -0.1) is 0 Å². The van der Waals surface area contributed by atoms with Crippen LogP contribution in [0.1, 0.15) is 5.56 Å². The summed E-state index contributed by atoms with van der Waals surface area (Å²) in [5, 5.41) is 0.826. The van der Waals surface area contributed by atoms with Crippen LogP contribution in [-0.4, -0.2) is 10.2 Å². The van der Waals surface area contributed by atoms with E-state index in [4.69, 9.17) is 11.6 Å². The summed E-state index contributed by atoms with van der Waals surface area (Å²) in [4.78, 5) is 0. The minimum atomic E-state index is 0.819. The molecular weight excluding hydrogens is 148 g/mol. The largest absolute Gasteiger partial charge is 0.0841 e. The van der Waals surface area contributed by atoms with Crippen molar-refractivity contribution >= 4 is 21.8 Å². The zero-order valence-corrected chi connectivity index (χ0v) is 6.65. The number of halogens is 1. The third-order valence-electron chi connectivity index (χ3n) is 1.15. The minimum Gasteiger partial charge on any atom is -0.0841 e. The monoisotopic (exact) mass is 153 g/mol. The predicted octanol–water partition coefficient (Wildman–Crippen LogP) is 2.01. The molecule has 0 saturated carbocycles. The molecule has 0 bridgehead atoms. The quantitative estimate of drug-likeness (QED) is 0.542. The molecule has 0 N–H and O–H groups in total. The SMILES string of the molecule is [Si]Cc1ccccc1Cl. The van der Waals surface area contributed by atoms with Crippen LogP contribution in [0.4, 0.5) is 0 Å². The van der Waals surface area contributed by atoms with Crippen molar-refractivity contribution < 1.29 is 0 Å². The lowest BCUT2D eigenvalue weighted by Crippen LogP contribution is -1.82. The molecule has 1 rings (SSSR count). The second kappa shape index (κ2) is 3.04. The van der Waals surface area contributed by atoms with Crippen LogP contribution in [0.2, 0.25) is 5.02 Å². The van der Waals surface area contributed by atoms with Crippen LogP contribution >= 0.6 is 11.6 Å². The molecule has 0 spiro atoms. The van der Waals surface area contributed by atoms with Crippen molar-refractivity contribution in [3.05, 3.63) is 34.9 Å². The van der Waals surface area contributed by atoms with Gasteiger partial charge in [0.05, 0.1) is 0 Å². The van der Waals surface area contributed by atoms with E-state index in [-0.39, 0.29) is 0 Å². The van der Waals surface area contributed by atoms with E-state index in [0.717, 1.165) is 16.6 Å². The van der Waals surface area contributed by atoms with E-state index < -0.39 is 0 Å². The third-order valence-corrected chi connectivity index (χ3v) is 1.90. The molecule has 9 heavy (non-hydrogen) atoms. The van der Waals surface area contributed by atoms with Crippen LogP contribution in [0.15, 0.2) is 24.3 Å². The van der Waals surface area contributed by atoms with Crippen molar-refractivity contribution in [1.29, 1.82) is 0 Å². The van der Waals surface area contributed by atoms with Gasteiger partial charge in [-0.3, -0.25) is 0 Å². The molecule has 0 aliphatic rings. The first-order valence-corrected chi connectivity index (χ1v) is 3.81. The summed E-state index contributed by atoms with van der Waals surface area (Å²) >= 11 is 5.79. The maximum Gasteiger partial charge on any atom is 0.0434 e. The Kier molecular flexibility index (Phi) is 2.31. The number of rotatable bonds is 1. The van der Waals surface area contributed by atoms with Crippen LogP contribution in [0.25, 0.3) is 0 Å².